The second-order valence-electron chi connectivity index (χ2n) is 4.51. The normalized spacial score (nSPS) is 12.2. The van der Waals surface area contributed by atoms with E-state index in [2.05, 4.69) is 24.4 Å². The van der Waals surface area contributed by atoms with Gasteiger partial charge in [-0.05, 0) is 42.3 Å². The predicted octanol–water partition coefficient (Wildman–Crippen LogP) is 4.20. The van der Waals surface area contributed by atoms with Crippen molar-refractivity contribution in [3.63, 3.8) is 0 Å². The van der Waals surface area contributed by atoms with E-state index < -0.39 is 0 Å². The van der Waals surface area contributed by atoms with E-state index in [4.69, 9.17) is 16.3 Å². The van der Waals surface area contributed by atoms with Crippen LogP contribution in [0.1, 0.15) is 24.1 Å². The van der Waals surface area contributed by atoms with Gasteiger partial charge >= 0.3 is 0 Å². The molecule has 3 heteroatoms. The Balaban J connectivity index is 1.96. The van der Waals surface area contributed by atoms with Crippen molar-refractivity contribution >= 4 is 11.6 Å². The van der Waals surface area contributed by atoms with E-state index in [1.807, 2.05) is 36.4 Å². The highest BCUT2D eigenvalue weighted by molar-refractivity contribution is 6.30. The summed E-state index contributed by atoms with van der Waals surface area (Å²) in [7, 11) is 1.69. The summed E-state index contributed by atoms with van der Waals surface area (Å²) in [5, 5.41) is 4.26. The molecule has 1 unspecified atom stereocenters. The largest absolute Gasteiger partial charge is 0.497 e. The maximum absolute atomic E-state index is 5.87. The van der Waals surface area contributed by atoms with E-state index in [0.717, 1.165) is 17.3 Å². The van der Waals surface area contributed by atoms with E-state index in [1.54, 1.807) is 7.11 Å². The first kappa shape index (κ1) is 13.9. The zero-order chi connectivity index (χ0) is 13.7. The maximum Gasteiger partial charge on any atom is 0.119 e. The minimum Gasteiger partial charge on any atom is -0.497 e. The van der Waals surface area contributed by atoms with Crippen molar-refractivity contribution in [2.75, 3.05) is 7.11 Å². The third-order valence-corrected chi connectivity index (χ3v) is 3.37. The quantitative estimate of drug-likeness (QED) is 0.883. The van der Waals surface area contributed by atoms with Gasteiger partial charge in [-0.15, -0.1) is 0 Å². The number of hydrogen-bond donors (Lipinski definition) is 1. The molecule has 2 aromatic carbocycles. The van der Waals surface area contributed by atoms with Gasteiger partial charge in [0.25, 0.3) is 0 Å². The van der Waals surface area contributed by atoms with E-state index in [1.165, 1.54) is 11.1 Å². The van der Waals surface area contributed by atoms with Crippen molar-refractivity contribution in [1.29, 1.82) is 0 Å². The van der Waals surface area contributed by atoms with Gasteiger partial charge in [0.1, 0.15) is 5.75 Å². The Hall–Kier alpha value is -1.51. The first-order valence-electron chi connectivity index (χ1n) is 6.31. The molecule has 0 aliphatic carbocycles. The molecule has 2 rings (SSSR count). The van der Waals surface area contributed by atoms with Crippen LogP contribution in [0.25, 0.3) is 0 Å². The van der Waals surface area contributed by atoms with Crippen LogP contribution in [0.4, 0.5) is 0 Å². The average molecular weight is 276 g/mol. The molecule has 0 heterocycles. The lowest BCUT2D eigenvalue weighted by molar-refractivity contribution is 0.413. The van der Waals surface area contributed by atoms with Crippen molar-refractivity contribution in [2.45, 2.75) is 19.5 Å². The molecular weight excluding hydrogens is 258 g/mol. The summed E-state index contributed by atoms with van der Waals surface area (Å²) in [4.78, 5) is 0. The summed E-state index contributed by atoms with van der Waals surface area (Å²) < 4.78 is 5.24. The highest BCUT2D eigenvalue weighted by Gasteiger charge is 2.05. The van der Waals surface area contributed by atoms with Crippen LogP contribution in [0, 0.1) is 0 Å². The average Bonchev–Trinajstić information content (AvgIpc) is 2.46. The summed E-state index contributed by atoms with van der Waals surface area (Å²) in [5.41, 5.74) is 2.44. The number of benzene rings is 2. The van der Waals surface area contributed by atoms with Gasteiger partial charge in [0.2, 0.25) is 0 Å². The van der Waals surface area contributed by atoms with Gasteiger partial charge < -0.3 is 10.1 Å². The zero-order valence-corrected chi connectivity index (χ0v) is 11.9. The number of hydrogen-bond acceptors (Lipinski definition) is 2. The van der Waals surface area contributed by atoms with Gasteiger partial charge in [0, 0.05) is 17.6 Å². The Bertz CT molecular complexity index is 525. The fourth-order valence-corrected chi connectivity index (χ4v) is 2.03. The van der Waals surface area contributed by atoms with Gasteiger partial charge in [-0.25, -0.2) is 0 Å². The molecule has 0 fully saturated rings. The monoisotopic (exact) mass is 275 g/mol. The third kappa shape index (κ3) is 3.98. The number of rotatable bonds is 5. The molecule has 0 bridgehead atoms. The van der Waals surface area contributed by atoms with Crippen LogP contribution in [0.15, 0.2) is 48.5 Å². The van der Waals surface area contributed by atoms with E-state index in [9.17, 15) is 0 Å². The van der Waals surface area contributed by atoms with E-state index in [-0.39, 0.29) is 6.04 Å². The lowest BCUT2D eigenvalue weighted by atomic mass is 10.1. The maximum atomic E-state index is 5.87. The molecule has 1 N–H and O–H groups in total. The van der Waals surface area contributed by atoms with E-state index >= 15 is 0 Å². The molecule has 0 saturated carbocycles. The molecule has 0 amide bonds. The zero-order valence-electron chi connectivity index (χ0n) is 11.2. The number of nitrogens with one attached hydrogen (secondary N) is 1. The van der Waals surface area contributed by atoms with Crippen LogP contribution >= 0.6 is 11.6 Å². The Morgan fingerprint density at radius 2 is 1.89 bits per heavy atom. The highest BCUT2D eigenvalue weighted by atomic mass is 35.5. The number of halogens is 1. The first-order valence-corrected chi connectivity index (χ1v) is 6.68. The van der Waals surface area contributed by atoms with Gasteiger partial charge in [-0.1, -0.05) is 35.9 Å². The van der Waals surface area contributed by atoms with Crippen LogP contribution in [-0.4, -0.2) is 7.11 Å². The number of methoxy groups -OCH3 is 1. The van der Waals surface area contributed by atoms with E-state index in [0.29, 0.717) is 0 Å². The lowest BCUT2D eigenvalue weighted by Crippen LogP contribution is -2.18. The Kier molecular flexibility index (Phi) is 4.83. The van der Waals surface area contributed by atoms with Crippen molar-refractivity contribution in [1.82, 2.24) is 5.32 Å². The van der Waals surface area contributed by atoms with Crippen LogP contribution in [-0.2, 0) is 6.54 Å². The molecule has 0 aromatic heterocycles. The van der Waals surface area contributed by atoms with Crippen molar-refractivity contribution in [2.24, 2.45) is 0 Å². The molecule has 2 aromatic rings. The van der Waals surface area contributed by atoms with Crippen molar-refractivity contribution in [3.05, 3.63) is 64.7 Å². The van der Waals surface area contributed by atoms with Crippen LogP contribution in [0.5, 0.6) is 5.75 Å². The Labute approximate surface area is 119 Å². The van der Waals surface area contributed by atoms with Crippen molar-refractivity contribution < 1.29 is 4.74 Å². The van der Waals surface area contributed by atoms with Crippen LogP contribution < -0.4 is 10.1 Å². The minimum absolute atomic E-state index is 0.269. The highest BCUT2D eigenvalue weighted by Crippen LogP contribution is 2.19. The lowest BCUT2D eigenvalue weighted by Gasteiger charge is -2.15. The van der Waals surface area contributed by atoms with Crippen LogP contribution in [0.2, 0.25) is 5.02 Å². The molecule has 0 aliphatic rings. The predicted molar refractivity (Wildman–Crippen MR) is 79.7 cm³/mol. The SMILES string of the molecule is COc1cccc(C(C)NCc2ccc(Cl)cc2)c1. The second kappa shape index (κ2) is 6.60. The molecule has 0 radical (unpaired) electrons. The molecule has 19 heavy (non-hydrogen) atoms. The summed E-state index contributed by atoms with van der Waals surface area (Å²) >= 11 is 5.87. The topological polar surface area (TPSA) is 21.3 Å². The van der Waals surface area contributed by atoms with Crippen LogP contribution in [0.3, 0.4) is 0 Å². The van der Waals surface area contributed by atoms with Gasteiger partial charge in [0.05, 0.1) is 7.11 Å². The third-order valence-electron chi connectivity index (χ3n) is 3.12. The molecule has 1 atom stereocenters. The summed E-state index contributed by atoms with van der Waals surface area (Å²) in [6.45, 7) is 2.96. The summed E-state index contributed by atoms with van der Waals surface area (Å²) in [6.07, 6.45) is 0. The Morgan fingerprint density at radius 1 is 1.16 bits per heavy atom. The molecule has 100 valence electrons. The van der Waals surface area contributed by atoms with Crippen molar-refractivity contribution in [3.8, 4) is 5.75 Å². The van der Waals surface area contributed by atoms with Gasteiger partial charge in [-0.3, -0.25) is 0 Å². The Morgan fingerprint density at radius 3 is 2.58 bits per heavy atom. The second-order valence-corrected chi connectivity index (χ2v) is 4.94. The smallest absolute Gasteiger partial charge is 0.119 e. The standard InChI is InChI=1S/C16H18ClNO/c1-12(14-4-3-5-16(10-14)19-2)18-11-13-6-8-15(17)9-7-13/h3-10,12,18H,11H2,1-2H3. The molecule has 0 spiro atoms. The van der Waals surface area contributed by atoms with Gasteiger partial charge in [0.15, 0.2) is 0 Å². The summed E-state index contributed by atoms with van der Waals surface area (Å²) in [6, 6.07) is 16.3. The van der Waals surface area contributed by atoms with Gasteiger partial charge in [-0.2, -0.15) is 0 Å². The minimum atomic E-state index is 0.269. The first-order chi connectivity index (χ1) is 9.19. The fraction of sp³-hybridized carbons (Fsp3) is 0.250. The molecular formula is C16H18ClNO. The molecule has 0 aliphatic heterocycles. The fourth-order valence-electron chi connectivity index (χ4n) is 1.90. The number of ether oxygens (including phenoxy) is 1. The molecule has 0 saturated heterocycles. The molecule has 2 nitrogen and oxygen atoms in total. The summed E-state index contributed by atoms with van der Waals surface area (Å²) in [5.74, 6) is 0.887.